The molecule has 0 radical (unpaired) electrons. The molecule has 0 aliphatic carbocycles. The number of nitrogens with zero attached hydrogens (tertiary/aromatic N) is 3. The lowest BCUT2D eigenvalue weighted by atomic mass is 10.2. The molecule has 8 heteroatoms. The third-order valence-corrected chi connectivity index (χ3v) is 2.60. The topological polar surface area (TPSA) is 101 Å². The molecule has 1 heterocycles. The van der Waals surface area contributed by atoms with E-state index in [2.05, 4.69) is 26.5 Å². The maximum atomic E-state index is 11.7. The average molecular weight is 288 g/mol. The molecule has 0 spiro atoms. The van der Waals surface area contributed by atoms with E-state index in [0.29, 0.717) is 12.1 Å². The molecule has 3 N–H and O–H groups in total. The van der Waals surface area contributed by atoms with Gasteiger partial charge >= 0.3 is 0 Å². The van der Waals surface area contributed by atoms with Gasteiger partial charge < -0.3 is 5.32 Å². The van der Waals surface area contributed by atoms with Crippen molar-refractivity contribution in [3.63, 3.8) is 0 Å². The number of hydrazine groups is 1. The second-order valence-corrected chi connectivity index (χ2v) is 4.31. The number of carbonyl (C=O) groups excluding carboxylic acids is 2. The van der Waals surface area contributed by atoms with Crippen LogP contribution in [0.1, 0.15) is 16.1 Å². The maximum absolute atomic E-state index is 11.7. The van der Waals surface area contributed by atoms with Gasteiger partial charge in [0.2, 0.25) is 0 Å². The highest BCUT2D eigenvalue weighted by molar-refractivity contribution is 5.95. The number of rotatable bonds is 5. The predicted molar refractivity (Wildman–Crippen MR) is 74.8 cm³/mol. The van der Waals surface area contributed by atoms with Crippen molar-refractivity contribution >= 4 is 11.8 Å². The second kappa shape index (κ2) is 7.15. The third-order valence-electron chi connectivity index (χ3n) is 2.60. The van der Waals surface area contributed by atoms with Gasteiger partial charge in [-0.2, -0.15) is 0 Å². The number of nitrogens with one attached hydrogen (secondary N) is 3. The van der Waals surface area contributed by atoms with Crippen molar-refractivity contribution in [3.8, 4) is 0 Å². The van der Waals surface area contributed by atoms with Crippen molar-refractivity contribution in [2.45, 2.75) is 13.1 Å². The molecule has 1 aromatic heterocycles. The molecule has 8 nitrogen and oxygen atoms in total. The molecule has 0 saturated heterocycles. The van der Waals surface area contributed by atoms with Crippen LogP contribution in [0, 0.1) is 0 Å². The summed E-state index contributed by atoms with van der Waals surface area (Å²) in [6.45, 7) is 0.554. The van der Waals surface area contributed by atoms with Gasteiger partial charge in [-0.3, -0.25) is 20.4 Å². The molecule has 1 aromatic carbocycles. The maximum Gasteiger partial charge on any atom is 0.269 e. The Hall–Kier alpha value is -2.74. The van der Waals surface area contributed by atoms with Gasteiger partial charge in [-0.05, 0) is 19.2 Å². The quantitative estimate of drug-likeness (QED) is 0.641. The fraction of sp³-hybridized carbons (Fsp3) is 0.231. The molecule has 2 rings (SSSR count). The van der Waals surface area contributed by atoms with Crippen LogP contribution in [0.15, 0.2) is 36.5 Å². The van der Waals surface area contributed by atoms with Crippen molar-refractivity contribution in [2.75, 3.05) is 7.05 Å². The zero-order chi connectivity index (χ0) is 15.1. The lowest BCUT2D eigenvalue weighted by Crippen LogP contribution is -2.43. The van der Waals surface area contributed by atoms with E-state index in [1.54, 1.807) is 37.5 Å². The fourth-order valence-corrected chi connectivity index (χ4v) is 1.65. The summed E-state index contributed by atoms with van der Waals surface area (Å²) in [5.41, 5.74) is 5.87. The van der Waals surface area contributed by atoms with Gasteiger partial charge in [-0.25, -0.2) is 4.68 Å². The van der Waals surface area contributed by atoms with E-state index in [1.807, 2.05) is 6.07 Å². The SMILES string of the molecule is CNCc1cn(CC(=O)NNC(=O)c2ccccc2)nn1. The van der Waals surface area contributed by atoms with Crippen molar-refractivity contribution in [1.29, 1.82) is 0 Å². The van der Waals surface area contributed by atoms with Crippen molar-refractivity contribution < 1.29 is 9.59 Å². The smallest absolute Gasteiger partial charge is 0.269 e. The van der Waals surface area contributed by atoms with E-state index >= 15 is 0 Å². The highest BCUT2D eigenvalue weighted by atomic mass is 16.2. The lowest BCUT2D eigenvalue weighted by Gasteiger charge is -2.06. The van der Waals surface area contributed by atoms with Crippen LogP contribution >= 0.6 is 0 Å². The molecule has 0 unspecified atom stereocenters. The normalized spacial score (nSPS) is 10.1. The Bertz CT molecular complexity index is 610. The van der Waals surface area contributed by atoms with Crippen LogP contribution in [0.3, 0.4) is 0 Å². The van der Waals surface area contributed by atoms with Crippen LogP contribution in [0.2, 0.25) is 0 Å². The minimum atomic E-state index is -0.389. The first-order valence-electron chi connectivity index (χ1n) is 6.37. The third kappa shape index (κ3) is 4.39. The summed E-state index contributed by atoms with van der Waals surface area (Å²) < 4.78 is 1.40. The number of aromatic nitrogens is 3. The summed E-state index contributed by atoms with van der Waals surface area (Å²) in [6, 6.07) is 8.61. The van der Waals surface area contributed by atoms with Gasteiger partial charge in [-0.15, -0.1) is 5.10 Å². The Kier molecular flexibility index (Phi) is 4.99. The highest BCUT2D eigenvalue weighted by Crippen LogP contribution is 1.97. The van der Waals surface area contributed by atoms with Crippen LogP contribution < -0.4 is 16.2 Å². The van der Waals surface area contributed by atoms with Crippen molar-refractivity contribution in [3.05, 3.63) is 47.8 Å². The van der Waals surface area contributed by atoms with Gasteiger partial charge in [0.05, 0.1) is 11.9 Å². The second-order valence-electron chi connectivity index (χ2n) is 4.31. The molecular formula is C13H16N6O2. The Balaban J connectivity index is 1.80. The van der Waals surface area contributed by atoms with Crippen LogP contribution in [-0.4, -0.2) is 33.9 Å². The summed E-state index contributed by atoms with van der Waals surface area (Å²) in [5, 5.41) is 10.6. The molecule has 0 aliphatic rings. The van der Waals surface area contributed by atoms with E-state index in [0.717, 1.165) is 5.69 Å². The standard InChI is InChI=1S/C13H16N6O2/c1-14-7-11-8-19(18-15-11)9-12(20)16-17-13(21)10-5-3-2-4-6-10/h2-6,8,14H,7,9H2,1H3,(H,16,20)(H,17,21). The van der Waals surface area contributed by atoms with E-state index in [4.69, 9.17) is 0 Å². The van der Waals surface area contributed by atoms with Gasteiger partial charge in [0.15, 0.2) is 0 Å². The number of amides is 2. The van der Waals surface area contributed by atoms with Crippen LogP contribution in [0.4, 0.5) is 0 Å². The monoisotopic (exact) mass is 288 g/mol. The first kappa shape index (κ1) is 14.7. The summed E-state index contributed by atoms with van der Waals surface area (Å²) >= 11 is 0. The van der Waals surface area contributed by atoms with E-state index in [9.17, 15) is 9.59 Å². The molecule has 0 saturated carbocycles. The van der Waals surface area contributed by atoms with Gasteiger partial charge in [0, 0.05) is 12.1 Å². The minimum absolute atomic E-state index is 0.0220. The van der Waals surface area contributed by atoms with Crippen LogP contribution in [0.25, 0.3) is 0 Å². The molecule has 0 bridgehead atoms. The lowest BCUT2D eigenvalue weighted by molar-refractivity contribution is -0.122. The Labute approximate surface area is 121 Å². The predicted octanol–water partition coefficient (Wildman–Crippen LogP) is -0.541. The Morgan fingerprint density at radius 1 is 1.19 bits per heavy atom. The first-order valence-corrected chi connectivity index (χ1v) is 6.37. The molecular weight excluding hydrogens is 272 g/mol. The number of carbonyl (C=O) groups is 2. The Morgan fingerprint density at radius 3 is 2.67 bits per heavy atom. The van der Waals surface area contributed by atoms with E-state index in [1.165, 1.54) is 4.68 Å². The molecule has 110 valence electrons. The molecule has 2 amide bonds. The summed E-state index contributed by atoms with van der Waals surface area (Å²) in [4.78, 5) is 23.4. The van der Waals surface area contributed by atoms with Crippen LogP contribution in [-0.2, 0) is 17.9 Å². The molecule has 0 fully saturated rings. The largest absolute Gasteiger partial charge is 0.314 e. The minimum Gasteiger partial charge on any atom is -0.314 e. The van der Waals surface area contributed by atoms with Crippen molar-refractivity contribution in [1.82, 2.24) is 31.2 Å². The van der Waals surface area contributed by atoms with E-state index in [-0.39, 0.29) is 18.4 Å². The van der Waals surface area contributed by atoms with Gasteiger partial charge in [0.25, 0.3) is 11.8 Å². The summed E-state index contributed by atoms with van der Waals surface area (Å²) in [6.07, 6.45) is 1.66. The molecule has 21 heavy (non-hydrogen) atoms. The van der Waals surface area contributed by atoms with E-state index < -0.39 is 0 Å². The zero-order valence-electron chi connectivity index (χ0n) is 11.5. The van der Waals surface area contributed by atoms with Crippen molar-refractivity contribution in [2.24, 2.45) is 0 Å². The Morgan fingerprint density at radius 2 is 1.95 bits per heavy atom. The average Bonchev–Trinajstić information content (AvgIpc) is 2.93. The molecule has 2 aromatic rings. The first-order chi connectivity index (χ1) is 10.2. The number of hydrogen-bond donors (Lipinski definition) is 3. The van der Waals surface area contributed by atoms with Crippen LogP contribution in [0.5, 0.6) is 0 Å². The van der Waals surface area contributed by atoms with Gasteiger partial charge in [-0.1, -0.05) is 23.4 Å². The summed E-state index contributed by atoms with van der Waals surface area (Å²) in [5.74, 6) is -0.765. The summed E-state index contributed by atoms with van der Waals surface area (Å²) in [7, 11) is 1.80. The highest BCUT2D eigenvalue weighted by Gasteiger charge is 2.08. The fourth-order valence-electron chi connectivity index (χ4n) is 1.65. The van der Waals surface area contributed by atoms with Gasteiger partial charge in [0.1, 0.15) is 6.54 Å². The molecule has 0 atom stereocenters. The zero-order valence-corrected chi connectivity index (χ0v) is 11.5. The number of hydrogen-bond acceptors (Lipinski definition) is 5. The molecule has 0 aliphatic heterocycles. The number of benzene rings is 1.